The summed E-state index contributed by atoms with van der Waals surface area (Å²) in [6.07, 6.45) is 6.23. The van der Waals surface area contributed by atoms with Crippen molar-refractivity contribution in [2.45, 2.75) is 18.9 Å². The van der Waals surface area contributed by atoms with Crippen molar-refractivity contribution in [3.63, 3.8) is 0 Å². The molecule has 1 amide bonds. The second kappa shape index (κ2) is 13.6. The maximum atomic E-state index is 14.8. The number of rotatable bonds is 10. The number of hydrogen-bond donors (Lipinski definition) is 1. The normalized spacial score (nSPS) is 11.8. The van der Waals surface area contributed by atoms with Crippen molar-refractivity contribution < 1.29 is 18.7 Å². The van der Waals surface area contributed by atoms with Crippen LogP contribution in [0.4, 0.5) is 4.39 Å². The van der Waals surface area contributed by atoms with Gasteiger partial charge >= 0.3 is 5.97 Å². The average molecular weight is 598 g/mol. The average Bonchev–Trinajstić information content (AvgIpc) is 3.56. The zero-order chi connectivity index (χ0) is 30.2. The lowest BCUT2D eigenvalue weighted by molar-refractivity contribution is -0.139. The van der Waals surface area contributed by atoms with Crippen LogP contribution in [0.15, 0.2) is 91.4 Å². The van der Waals surface area contributed by atoms with Gasteiger partial charge in [-0.05, 0) is 69.9 Å². The summed E-state index contributed by atoms with van der Waals surface area (Å²) in [5.41, 5.74) is 4.10. The molecule has 12 heteroatoms. The summed E-state index contributed by atoms with van der Waals surface area (Å²) in [5, 5.41) is 23.2. The number of amides is 1. The summed E-state index contributed by atoms with van der Waals surface area (Å²) >= 11 is 6.21. The van der Waals surface area contributed by atoms with Gasteiger partial charge in [0.05, 0.1) is 37.2 Å². The summed E-state index contributed by atoms with van der Waals surface area (Å²) in [6, 6.07) is 20.6. The number of nitrogens with one attached hydrogen (secondary N) is 1. The highest BCUT2D eigenvalue weighted by Crippen LogP contribution is 2.26. The predicted molar refractivity (Wildman–Crippen MR) is 157 cm³/mol. The van der Waals surface area contributed by atoms with Gasteiger partial charge in [0.1, 0.15) is 12.1 Å². The molecular formula is C31H25ClFN7O3. The van der Waals surface area contributed by atoms with Crippen molar-refractivity contribution in [2.24, 2.45) is 0 Å². The van der Waals surface area contributed by atoms with Crippen LogP contribution in [0.2, 0.25) is 5.02 Å². The summed E-state index contributed by atoms with van der Waals surface area (Å²) in [6.45, 7) is 0. The maximum absolute atomic E-state index is 14.8. The van der Waals surface area contributed by atoms with E-state index in [1.54, 1.807) is 36.4 Å². The Bertz CT molecular complexity index is 1770. The van der Waals surface area contributed by atoms with Crippen LogP contribution in [0.25, 0.3) is 22.9 Å². The zero-order valence-electron chi connectivity index (χ0n) is 22.9. The Morgan fingerprint density at radius 2 is 1.88 bits per heavy atom. The molecule has 0 saturated heterocycles. The molecule has 5 rings (SSSR count). The van der Waals surface area contributed by atoms with Gasteiger partial charge in [-0.15, -0.1) is 5.10 Å². The van der Waals surface area contributed by atoms with Gasteiger partial charge in [0.25, 0.3) is 0 Å². The third-order valence-corrected chi connectivity index (χ3v) is 6.81. The standard InChI is InChI=1S/C31H25ClFN7O3/c1-43-31(42)17-22-8-7-21(15-26(22)33)24-16-28(37-34-18-24)27(13-20-5-3-2-4-6-20)36-30(41)12-9-23-14-25(32)10-11-29(23)40-19-35-38-39-40/h2-12,14-16,18-19,27H,13,17H2,1H3,(H,36,41)/b12-9+/t27-/m0/s1. The molecule has 216 valence electrons. The molecule has 3 aromatic carbocycles. The first kappa shape index (κ1) is 29.2. The van der Waals surface area contributed by atoms with Crippen molar-refractivity contribution in [1.29, 1.82) is 0 Å². The van der Waals surface area contributed by atoms with Crippen LogP contribution in [-0.2, 0) is 27.2 Å². The molecule has 0 aliphatic rings. The number of methoxy groups -OCH3 is 1. The molecule has 0 aliphatic carbocycles. The molecule has 0 saturated carbocycles. The Morgan fingerprint density at radius 1 is 1.05 bits per heavy atom. The Kier molecular flexibility index (Phi) is 9.23. The Labute approximate surface area is 251 Å². The monoisotopic (exact) mass is 597 g/mol. The first-order chi connectivity index (χ1) is 20.9. The maximum Gasteiger partial charge on any atom is 0.310 e. The van der Waals surface area contributed by atoms with Crippen LogP contribution < -0.4 is 5.32 Å². The van der Waals surface area contributed by atoms with Gasteiger partial charge in [-0.1, -0.05) is 54.1 Å². The minimum atomic E-state index is -0.561. The van der Waals surface area contributed by atoms with Gasteiger partial charge in [0.15, 0.2) is 0 Å². The Hall–Kier alpha value is -5.29. The quantitative estimate of drug-likeness (QED) is 0.181. The fourth-order valence-electron chi connectivity index (χ4n) is 4.41. The van der Waals surface area contributed by atoms with Crippen molar-refractivity contribution in [2.75, 3.05) is 7.11 Å². The summed E-state index contributed by atoms with van der Waals surface area (Å²) < 4.78 is 20.9. The molecule has 0 unspecified atom stereocenters. The Balaban J connectivity index is 1.41. The summed E-state index contributed by atoms with van der Waals surface area (Å²) in [5.74, 6) is -1.45. The van der Waals surface area contributed by atoms with Gasteiger partial charge in [-0.3, -0.25) is 9.59 Å². The number of tetrazole rings is 1. The highest BCUT2D eigenvalue weighted by atomic mass is 35.5. The molecule has 0 fully saturated rings. The van der Waals surface area contributed by atoms with Crippen LogP contribution in [0.5, 0.6) is 0 Å². The van der Waals surface area contributed by atoms with Crippen molar-refractivity contribution in [1.82, 2.24) is 35.7 Å². The van der Waals surface area contributed by atoms with E-state index in [9.17, 15) is 14.0 Å². The van der Waals surface area contributed by atoms with Gasteiger partial charge in [0.2, 0.25) is 5.91 Å². The lowest BCUT2D eigenvalue weighted by Crippen LogP contribution is -2.29. The fourth-order valence-corrected chi connectivity index (χ4v) is 4.59. The van der Waals surface area contributed by atoms with Crippen molar-refractivity contribution >= 4 is 29.6 Å². The van der Waals surface area contributed by atoms with Gasteiger partial charge in [-0.25, -0.2) is 4.39 Å². The smallest absolute Gasteiger partial charge is 0.310 e. The van der Waals surface area contributed by atoms with Gasteiger partial charge in [-0.2, -0.15) is 14.9 Å². The predicted octanol–water partition coefficient (Wildman–Crippen LogP) is 4.74. The van der Waals surface area contributed by atoms with E-state index in [4.69, 9.17) is 11.6 Å². The van der Waals surface area contributed by atoms with E-state index in [1.807, 2.05) is 30.3 Å². The summed E-state index contributed by atoms with van der Waals surface area (Å²) in [4.78, 5) is 24.8. The minimum absolute atomic E-state index is 0.173. The fraction of sp³-hybridized carbons (Fsp3) is 0.129. The van der Waals surface area contributed by atoms with E-state index < -0.39 is 17.8 Å². The molecule has 1 N–H and O–H groups in total. The molecule has 1 atom stereocenters. The number of nitrogens with zero attached hydrogens (tertiary/aromatic N) is 6. The summed E-state index contributed by atoms with van der Waals surface area (Å²) in [7, 11) is 1.25. The second-order valence-corrected chi connectivity index (χ2v) is 9.91. The molecule has 2 heterocycles. The molecule has 43 heavy (non-hydrogen) atoms. The lowest BCUT2D eigenvalue weighted by atomic mass is 9.99. The van der Waals surface area contributed by atoms with Crippen molar-refractivity contribution in [3.05, 3.63) is 125 Å². The molecule has 0 spiro atoms. The first-order valence-electron chi connectivity index (χ1n) is 13.1. The molecule has 0 aliphatic heterocycles. The first-order valence-corrected chi connectivity index (χ1v) is 13.5. The highest BCUT2D eigenvalue weighted by Gasteiger charge is 2.18. The second-order valence-electron chi connectivity index (χ2n) is 9.47. The van der Waals surface area contributed by atoms with E-state index in [1.165, 1.54) is 42.5 Å². The number of benzene rings is 3. The van der Waals surface area contributed by atoms with E-state index in [2.05, 4.69) is 35.8 Å². The SMILES string of the molecule is COC(=O)Cc1ccc(-c2cnnc([C@H](Cc3ccccc3)NC(=O)/C=C/c3cc(Cl)ccc3-n3cnnn3)c2)cc1F. The lowest BCUT2D eigenvalue weighted by Gasteiger charge is -2.18. The van der Waals surface area contributed by atoms with Gasteiger partial charge in [0, 0.05) is 22.2 Å². The Morgan fingerprint density at radius 3 is 2.63 bits per heavy atom. The molecule has 10 nitrogen and oxygen atoms in total. The highest BCUT2D eigenvalue weighted by molar-refractivity contribution is 6.30. The number of aromatic nitrogens is 6. The van der Waals surface area contributed by atoms with Crippen molar-refractivity contribution in [3.8, 4) is 16.8 Å². The third kappa shape index (κ3) is 7.52. The van der Waals surface area contributed by atoms with E-state index >= 15 is 0 Å². The van der Waals surface area contributed by atoms with Crippen LogP contribution in [0, 0.1) is 5.82 Å². The number of hydrogen-bond acceptors (Lipinski definition) is 8. The van der Waals surface area contributed by atoms with Crippen LogP contribution >= 0.6 is 11.6 Å². The number of esters is 1. The molecule has 5 aromatic rings. The van der Waals surface area contributed by atoms with E-state index in [0.717, 1.165) is 5.56 Å². The minimum Gasteiger partial charge on any atom is -0.469 e. The number of carbonyl (C=O) groups excluding carboxylic acids is 2. The van der Waals surface area contributed by atoms with Crippen LogP contribution in [0.1, 0.15) is 28.4 Å². The topological polar surface area (TPSA) is 125 Å². The number of carbonyl (C=O) groups is 2. The van der Waals surface area contributed by atoms with Gasteiger partial charge < -0.3 is 10.1 Å². The number of halogens is 2. The van der Waals surface area contributed by atoms with E-state index in [0.29, 0.717) is 39.5 Å². The third-order valence-electron chi connectivity index (χ3n) is 6.58. The zero-order valence-corrected chi connectivity index (χ0v) is 23.6. The van der Waals surface area contributed by atoms with Crippen LogP contribution in [-0.4, -0.2) is 49.4 Å². The molecule has 0 radical (unpaired) electrons. The largest absolute Gasteiger partial charge is 0.469 e. The van der Waals surface area contributed by atoms with Crippen LogP contribution in [0.3, 0.4) is 0 Å². The molecule has 2 aromatic heterocycles. The number of ether oxygens (including phenoxy) is 1. The molecular weight excluding hydrogens is 573 g/mol. The molecule has 0 bridgehead atoms. The van der Waals surface area contributed by atoms with E-state index in [-0.39, 0.29) is 17.9 Å².